The van der Waals surface area contributed by atoms with E-state index in [0.717, 1.165) is 18.4 Å². The third-order valence-electron chi connectivity index (χ3n) is 3.42. The lowest BCUT2D eigenvalue weighted by atomic mass is 9.81. The topological polar surface area (TPSA) is 35.5 Å². The van der Waals surface area contributed by atoms with Crippen LogP contribution in [0.2, 0.25) is 5.02 Å². The molecule has 1 fully saturated rings. The number of benzene rings is 1. The zero-order valence-electron chi connectivity index (χ0n) is 10.4. The fourth-order valence-corrected chi connectivity index (χ4v) is 2.57. The molecule has 1 aliphatic heterocycles. The first-order valence-electron chi connectivity index (χ1n) is 6.13. The molecule has 0 spiro atoms. The molecular formula is C14H17ClO3. The maximum Gasteiger partial charge on any atom is 0.313 e. The summed E-state index contributed by atoms with van der Waals surface area (Å²) in [4.78, 5) is 12.0. The molecule has 1 aromatic rings. The maximum atomic E-state index is 12.0. The lowest BCUT2D eigenvalue weighted by Gasteiger charge is -2.28. The van der Waals surface area contributed by atoms with Crippen LogP contribution in [0.25, 0.3) is 0 Å². The first-order chi connectivity index (χ1) is 8.72. The van der Waals surface area contributed by atoms with Gasteiger partial charge in [0.1, 0.15) is 0 Å². The summed E-state index contributed by atoms with van der Waals surface area (Å²) < 4.78 is 10.3. The van der Waals surface area contributed by atoms with Gasteiger partial charge in [-0.3, -0.25) is 4.79 Å². The quantitative estimate of drug-likeness (QED) is 0.791. The summed E-state index contributed by atoms with van der Waals surface area (Å²) in [5.74, 6) is -0.104. The Kier molecular flexibility index (Phi) is 4.61. The predicted octanol–water partition coefficient (Wildman–Crippen LogP) is 3.02. The third kappa shape index (κ3) is 3.03. The van der Waals surface area contributed by atoms with Gasteiger partial charge < -0.3 is 9.47 Å². The molecule has 0 bridgehead atoms. The van der Waals surface area contributed by atoms with E-state index in [9.17, 15) is 4.79 Å². The Labute approximate surface area is 112 Å². The zero-order chi connectivity index (χ0) is 13.0. The highest BCUT2D eigenvalue weighted by molar-refractivity contribution is 6.30. The third-order valence-corrected chi connectivity index (χ3v) is 3.67. The average molecular weight is 269 g/mol. The number of methoxy groups -OCH3 is 1. The van der Waals surface area contributed by atoms with Crippen LogP contribution in [0.5, 0.6) is 0 Å². The minimum Gasteiger partial charge on any atom is -0.469 e. The summed E-state index contributed by atoms with van der Waals surface area (Å²) in [6.45, 7) is 1.43. The molecule has 1 aliphatic rings. The monoisotopic (exact) mass is 268 g/mol. The van der Waals surface area contributed by atoms with E-state index in [-0.39, 0.29) is 17.8 Å². The van der Waals surface area contributed by atoms with Gasteiger partial charge in [-0.2, -0.15) is 0 Å². The molecule has 0 aromatic heterocycles. The molecule has 18 heavy (non-hydrogen) atoms. The fourth-order valence-electron chi connectivity index (χ4n) is 2.45. The van der Waals surface area contributed by atoms with Crippen LogP contribution in [0.1, 0.15) is 24.3 Å². The minimum atomic E-state index is -0.212. The van der Waals surface area contributed by atoms with Gasteiger partial charge in [0.15, 0.2) is 0 Å². The van der Waals surface area contributed by atoms with Crippen LogP contribution in [0.3, 0.4) is 0 Å². The molecule has 1 unspecified atom stereocenters. The number of esters is 1. The summed E-state index contributed by atoms with van der Waals surface area (Å²) in [6.07, 6.45) is 1.78. The van der Waals surface area contributed by atoms with Crippen LogP contribution in [-0.4, -0.2) is 26.3 Å². The summed E-state index contributed by atoms with van der Waals surface area (Å²) in [5.41, 5.74) is 0.971. The second-order valence-corrected chi connectivity index (χ2v) is 4.94. The van der Waals surface area contributed by atoms with Crippen molar-refractivity contribution in [3.8, 4) is 0 Å². The van der Waals surface area contributed by atoms with Crippen molar-refractivity contribution in [3.63, 3.8) is 0 Å². The highest BCUT2D eigenvalue weighted by Gasteiger charge is 2.31. The number of carbonyl (C=O) groups excluding carboxylic acids is 1. The molecule has 0 radical (unpaired) electrons. The molecule has 1 saturated heterocycles. The smallest absolute Gasteiger partial charge is 0.313 e. The number of ether oxygens (including phenoxy) is 2. The van der Waals surface area contributed by atoms with Crippen molar-refractivity contribution >= 4 is 17.6 Å². The Hall–Kier alpha value is -1.06. The van der Waals surface area contributed by atoms with Gasteiger partial charge in [0, 0.05) is 18.2 Å². The molecule has 1 aromatic carbocycles. The highest BCUT2D eigenvalue weighted by atomic mass is 35.5. The molecular weight excluding hydrogens is 252 g/mol. The zero-order valence-corrected chi connectivity index (χ0v) is 11.2. The van der Waals surface area contributed by atoms with Crippen LogP contribution < -0.4 is 0 Å². The standard InChI is InChI=1S/C14H17ClO3/c1-17-14(16)13(11-6-8-18-9-7-11)10-2-4-12(15)5-3-10/h2-5,11,13H,6-9H2,1H3. The molecule has 98 valence electrons. The van der Waals surface area contributed by atoms with Gasteiger partial charge in [-0.15, -0.1) is 0 Å². The highest BCUT2D eigenvalue weighted by Crippen LogP contribution is 2.33. The molecule has 1 heterocycles. The maximum absolute atomic E-state index is 12.0. The predicted molar refractivity (Wildman–Crippen MR) is 69.8 cm³/mol. The number of halogens is 1. The van der Waals surface area contributed by atoms with Crippen molar-refractivity contribution in [2.24, 2.45) is 5.92 Å². The molecule has 0 N–H and O–H groups in total. The molecule has 0 amide bonds. The van der Waals surface area contributed by atoms with Crippen molar-refractivity contribution in [3.05, 3.63) is 34.9 Å². The Morgan fingerprint density at radius 1 is 1.33 bits per heavy atom. The van der Waals surface area contributed by atoms with Gasteiger partial charge in [0.2, 0.25) is 0 Å². The van der Waals surface area contributed by atoms with Crippen molar-refractivity contribution in [2.45, 2.75) is 18.8 Å². The number of carbonyl (C=O) groups is 1. The molecule has 0 saturated carbocycles. The van der Waals surface area contributed by atoms with Crippen LogP contribution in [0.15, 0.2) is 24.3 Å². The van der Waals surface area contributed by atoms with Gasteiger partial charge >= 0.3 is 5.97 Å². The van der Waals surface area contributed by atoms with Gasteiger partial charge in [0.05, 0.1) is 13.0 Å². The summed E-state index contributed by atoms with van der Waals surface area (Å²) in [5, 5.41) is 0.675. The van der Waals surface area contributed by atoms with E-state index in [4.69, 9.17) is 21.1 Å². The van der Waals surface area contributed by atoms with E-state index in [0.29, 0.717) is 18.2 Å². The molecule has 4 heteroatoms. The van der Waals surface area contributed by atoms with E-state index >= 15 is 0 Å². The SMILES string of the molecule is COC(=O)C(c1ccc(Cl)cc1)C1CCOCC1. The summed E-state index contributed by atoms with van der Waals surface area (Å²) >= 11 is 5.88. The molecule has 0 aliphatic carbocycles. The second kappa shape index (κ2) is 6.21. The minimum absolute atomic E-state index is 0.177. The Morgan fingerprint density at radius 2 is 1.94 bits per heavy atom. The Morgan fingerprint density at radius 3 is 2.50 bits per heavy atom. The molecule has 3 nitrogen and oxygen atoms in total. The fraction of sp³-hybridized carbons (Fsp3) is 0.500. The van der Waals surface area contributed by atoms with E-state index in [1.807, 2.05) is 24.3 Å². The van der Waals surface area contributed by atoms with Gasteiger partial charge in [-0.1, -0.05) is 23.7 Å². The van der Waals surface area contributed by atoms with Gasteiger partial charge in [-0.05, 0) is 36.5 Å². The van der Waals surface area contributed by atoms with Gasteiger partial charge in [0.25, 0.3) is 0 Å². The first-order valence-corrected chi connectivity index (χ1v) is 6.51. The Balaban J connectivity index is 2.23. The lowest BCUT2D eigenvalue weighted by molar-refractivity contribution is -0.144. The average Bonchev–Trinajstić information content (AvgIpc) is 2.42. The normalized spacial score (nSPS) is 18.3. The van der Waals surface area contributed by atoms with E-state index in [2.05, 4.69) is 0 Å². The van der Waals surface area contributed by atoms with E-state index in [1.54, 1.807) is 0 Å². The van der Waals surface area contributed by atoms with E-state index < -0.39 is 0 Å². The summed E-state index contributed by atoms with van der Waals surface area (Å²) in [7, 11) is 1.44. The molecule has 1 atom stereocenters. The Bertz CT molecular complexity index is 396. The van der Waals surface area contributed by atoms with Crippen LogP contribution >= 0.6 is 11.6 Å². The van der Waals surface area contributed by atoms with E-state index in [1.165, 1.54) is 7.11 Å². The lowest BCUT2D eigenvalue weighted by Crippen LogP contribution is -2.28. The number of hydrogen-bond acceptors (Lipinski definition) is 3. The van der Waals surface area contributed by atoms with Gasteiger partial charge in [-0.25, -0.2) is 0 Å². The number of rotatable bonds is 3. The van der Waals surface area contributed by atoms with Crippen LogP contribution in [0.4, 0.5) is 0 Å². The van der Waals surface area contributed by atoms with Crippen LogP contribution in [0, 0.1) is 5.92 Å². The largest absolute Gasteiger partial charge is 0.469 e. The van der Waals surface area contributed by atoms with Crippen molar-refractivity contribution in [1.29, 1.82) is 0 Å². The number of hydrogen-bond donors (Lipinski definition) is 0. The van der Waals surface area contributed by atoms with Crippen LogP contribution in [-0.2, 0) is 14.3 Å². The second-order valence-electron chi connectivity index (χ2n) is 4.50. The van der Waals surface area contributed by atoms with Crippen molar-refractivity contribution in [1.82, 2.24) is 0 Å². The van der Waals surface area contributed by atoms with Crippen molar-refractivity contribution in [2.75, 3.05) is 20.3 Å². The summed E-state index contributed by atoms with van der Waals surface area (Å²) in [6, 6.07) is 7.43. The molecule has 2 rings (SSSR count). The first kappa shape index (κ1) is 13.4. The van der Waals surface area contributed by atoms with Crippen molar-refractivity contribution < 1.29 is 14.3 Å².